The average molecular weight is 886 g/mol. The smallest absolute Gasteiger partial charge is 0.216 e. The number of nitrogens with zero attached hydrogens (tertiary/aromatic N) is 5. The zero-order valence-corrected chi connectivity index (χ0v) is 35.9. The summed E-state index contributed by atoms with van der Waals surface area (Å²) in [4.78, 5) is 18.9. The van der Waals surface area contributed by atoms with Crippen molar-refractivity contribution in [2.24, 2.45) is 5.41 Å². The Morgan fingerprint density at radius 3 is 2.33 bits per heavy atom. The molecule has 1 atom stereocenters. The molecule has 0 aliphatic rings. The van der Waals surface area contributed by atoms with Crippen LogP contribution in [0.1, 0.15) is 83.7 Å². The molecule has 5 heterocycles. The minimum Gasteiger partial charge on any atom is -0.486 e. The van der Waals surface area contributed by atoms with E-state index in [-0.39, 0.29) is 25.5 Å². The molecule has 0 bridgehead atoms. The molecule has 7 aromatic rings. The number of fused-ring (bicyclic) bond motifs is 4. The molecule has 0 amide bonds. The van der Waals surface area contributed by atoms with Crippen molar-refractivity contribution in [3.63, 3.8) is 0 Å². The molecule has 8 heteroatoms. The molecule has 273 valence electrons. The van der Waals surface area contributed by atoms with Gasteiger partial charge in [-0.2, -0.15) is 0 Å². The zero-order chi connectivity index (χ0) is 36.7. The van der Waals surface area contributed by atoms with Gasteiger partial charge in [0.05, 0.1) is 36.2 Å². The molecule has 0 spiro atoms. The van der Waals surface area contributed by atoms with Gasteiger partial charge in [0, 0.05) is 50.1 Å². The van der Waals surface area contributed by atoms with Gasteiger partial charge in [0.25, 0.3) is 0 Å². The summed E-state index contributed by atoms with van der Waals surface area (Å²) >= 11 is 0. The Morgan fingerprint density at radius 1 is 0.904 bits per heavy atom. The van der Waals surface area contributed by atoms with Gasteiger partial charge in [-0.25, -0.2) is 4.98 Å². The van der Waals surface area contributed by atoms with Crippen LogP contribution >= 0.6 is 0 Å². The van der Waals surface area contributed by atoms with Crippen LogP contribution in [0.5, 0.6) is 0 Å². The first-order chi connectivity index (χ1) is 24.2. The van der Waals surface area contributed by atoms with Gasteiger partial charge in [0.2, 0.25) is 5.71 Å². The van der Waals surface area contributed by atoms with Crippen molar-refractivity contribution in [2.45, 2.75) is 99.8 Å². The van der Waals surface area contributed by atoms with E-state index >= 15 is 0 Å². The second kappa shape index (κ2) is 15.6. The van der Waals surface area contributed by atoms with E-state index in [2.05, 4.69) is 125 Å². The molecule has 6 nitrogen and oxygen atoms in total. The SMILES string of the molecule is CCC(C)(C)C(C)c1cc(-c2[c-]cccc2)ncc1[Si](C)(C)C.CCn1c(-c2[c-]ccc3c2oc2nc(C)ccc23)nc2ccnc(C(C)C)c21.[Ir]. The Kier molecular flexibility index (Phi) is 11.7. The second-order valence-electron chi connectivity index (χ2n) is 15.6. The minimum absolute atomic E-state index is 0. The first-order valence-corrected chi connectivity index (χ1v) is 21.8. The fourth-order valence-corrected chi connectivity index (χ4v) is 8.40. The minimum atomic E-state index is -1.43. The van der Waals surface area contributed by atoms with Gasteiger partial charge in [0.15, 0.2) is 0 Å². The van der Waals surface area contributed by atoms with Crippen LogP contribution < -0.4 is 5.19 Å². The van der Waals surface area contributed by atoms with Gasteiger partial charge in [-0.1, -0.05) is 90.2 Å². The number of pyridine rings is 3. The van der Waals surface area contributed by atoms with Crippen LogP contribution in [0.2, 0.25) is 19.6 Å². The third kappa shape index (κ3) is 7.57. The van der Waals surface area contributed by atoms with Gasteiger partial charge < -0.3 is 14.0 Å². The topological polar surface area (TPSA) is 69.6 Å². The number of benzene rings is 2. The van der Waals surface area contributed by atoms with Crippen molar-refractivity contribution in [3.05, 3.63) is 102 Å². The quantitative estimate of drug-likeness (QED) is 0.112. The molecular weight excluding hydrogens is 835 g/mol. The molecule has 0 N–H and O–H groups in total. The average Bonchev–Trinajstić information content (AvgIpc) is 3.69. The number of rotatable bonds is 8. The molecule has 7 rings (SSSR count). The monoisotopic (exact) mass is 886 g/mol. The van der Waals surface area contributed by atoms with Crippen LogP contribution in [0, 0.1) is 24.5 Å². The summed E-state index contributed by atoms with van der Waals surface area (Å²) in [7, 11) is -1.43. The summed E-state index contributed by atoms with van der Waals surface area (Å²) < 4.78 is 8.40. The number of aryl methyl sites for hydroxylation is 2. The number of hydrogen-bond acceptors (Lipinski definition) is 5. The number of aromatic nitrogens is 5. The Balaban J connectivity index is 0.000000202. The van der Waals surface area contributed by atoms with Gasteiger partial charge in [0.1, 0.15) is 0 Å². The van der Waals surface area contributed by atoms with Gasteiger partial charge in [-0.15, -0.1) is 54.1 Å². The van der Waals surface area contributed by atoms with Crippen LogP contribution in [0.25, 0.3) is 55.7 Å². The molecule has 0 saturated carbocycles. The fraction of sp³-hybridized carbons (Fsp3) is 0.364. The van der Waals surface area contributed by atoms with E-state index in [1.54, 1.807) is 0 Å². The van der Waals surface area contributed by atoms with Crippen LogP contribution in [-0.4, -0.2) is 32.6 Å². The van der Waals surface area contributed by atoms with Crippen molar-refractivity contribution >= 4 is 46.4 Å². The first kappa shape index (κ1) is 39.2. The molecule has 1 unspecified atom stereocenters. The summed E-state index contributed by atoms with van der Waals surface area (Å²) in [6.45, 7) is 25.9. The Labute approximate surface area is 323 Å². The molecule has 2 aromatic carbocycles. The first-order valence-electron chi connectivity index (χ1n) is 18.3. The maximum Gasteiger partial charge on any atom is 0.216 e. The summed E-state index contributed by atoms with van der Waals surface area (Å²) in [5, 5.41) is 3.54. The predicted octanol–water partition coefficient (Wildman–Crippen LogP) is 11.3. The van der Waals surface area contributed by atoms with E-state index < -0.39 is 8.07 Å². The summed E-state index contributed by atoms with van der Waals surface area (Å²) in [5.41, 5.74) is 10.2. The standard InChI is InChI=1S/C23H21N4O.C21H30NSi.Ir/c1-5-27-20-18(11-12-24-19(20)13(2)3)26-22(27)17-8-6-7-15-16-10-9-14(4)25-23(16)28-21(15)17;1-8-21(3,4)16(2)18-14-19(17-12-10-9-11-13-17)22-15-20(18)23(5,6)7;/h6-7,9-13H,5H2,1-4H3;9-12,14-16H,8H2,1-7H3;/q2*-1;. The Morgan fingerprint density at radius 2 is 1.67 bits per heavy atom. The van der Waals surface area contributed by atoms with Crippen molar-refractivity contribution < 1.29 is 24.5 Å². The van der Waals surface area contributed by atoms with Crippen LogP contribution in [0.4, 0.5) is 0 Å². The number of hydrogen-bond donors (Lipinski definition) is 0. The number of furan rings is 1. The van der Waals surface area contributed by atoms with Gasteiger partial charge in [-0.3, -0.25) is 9.97 Å². The molecule has 5 aromatic heterocycles. The van der Waals surface area contributed by atoms with E-state index in [0.717, 1.165) is 68.0 Å². The van der Waals surface area contributed by atoms with E-state index in [0.29, 0.717) is 17.5 Å². The van der Waals surface area contributed by atoms with Gasteiger partial charge in [-0.05, 0) is 60.2 Å². The predicted molar refractivity (Wildman–Crippen MR) is 215 cm³/mol. The summed E-state index contributed by atoms with van der Waals surface area (Å²) in [6.07, 6.45) is 5.15. The van der Waals surface area contributed by atoms with Crippen molar-refractivity contribution in [2.75, 3.05) is 0 Å². The number of imidazole rings is 1. The van der Waals surface area contributed by atoms with Crippen molar-refractivity contribution in [1.29, 1.82) is 0 Å². The molecule has 0 fully saturated rings. The molecule has 52 heavy (non-hydrogen) atoms. The Hall–Kier alpha value is -3.97. The molecule has 1 radical (unpaired) electrons. The third-order valence-electron chi connectivity index (χ3n) is 10.5. The largest absolute Gasteiger partial charge is 0.486 e. The normalized spacial score (nSPS) is 12.6. The van der Waals surface area contributed by atoms with Crippen LogP contribution in [-0.2, 0) is 26.7 Å². The van der Waals surface area contributed by atoms with E-state index in [4.69, 9.17) is 14.4 Å². The van der Waals surface area contributed by atoms with Crippen LogP contribution in [0.15, 0.2) is 77.5 Å². The Bertz CT molecular complexity index is 2320. The van der Waals surface area contributed by atoms with Gasteiger partial charge >= 0.3 is 0 Å². The third-order valence-corrected chi connectivity index (χ3v) is 12.5. The van der Waals surface area contributed by atoms with Crippen molar-refractivity contribution in [3.8, 4) is 22.6 Å². The summed E-state index contributed by atoms with van der Waals surface area (Å²) in [5.74, 6) is 1.69. The van der Waals surface area contributed by atoms with Crippen LogP contribution in [0.3, 0.4) is 0 Å². The molecule has 0 aliphatic carbocycles. The second-order valence-corrected chi connectivity index (χ2v) is 20.7. The summed E-state index contributed by atoms with van der Waals surface area (Å²) in [6, 6.07) is 27.1. The van der Waals surface area contributed by atoms with Crippen molar-refractivity contribution in [1.82, 2.24) is 24.5 Å². The maximum absolute atomic E-state index is 6.18. The zero-order valence-electron chi connectivity index (χ0n) is 32.5. The maximum atomic E-state index is 6.18. The molecular formula is C44H51IrN5OSi-2. The van der Waals surface area contributed by atoms with E-state index in [9.17, 15) is 0 Å². The van der Waals surface area contributed by atoms with E-state index in [1.807, 2.05) is 49.5 Å². The van der Waals surface area contributed by atoms with E-state index in [1.165, 1.54) is 17.2 Å². The fourth-order valence-electron chi connectivity index (χ4n) is 6.79. The molecule has 0 aliphatic heterocycles. The molecule has 0 saturated heterocycles.